The van der Waals surface area contributed by atoms with E-state index >= 15 is 0 Å². The first-order chi connectivity index (χ1) is 11.0. The van der Waals surface area contributed by atoms with Gasteiger partial charge in [0.1, 0.15) is 11.7 Å². The maximum absolute atomic E-state index is 12.1. The number of hydrogen-bond acceptors (Lipinski definition) is 6. The highest BCUT2D eigenvalue weighted by Crippen LogP contribution is 2.16. The van der Waals surface area contributed by atoms with E-state index < -0.39 is 23.8 Å². The van der Waals surface area contributed by atoms with Crippen molar-refractivity contribution in [3.8, 4) is 11.4 Å². The molecule has 2 heterocycles. The van der Waals surface area contributed by atoms with E-state index in [2.05, 4.69) is 20.8 Å². The number of nitrogens with zero attached hydrogens (tertiary/aromatic N) is 2. The third-order valence-corrected chi connectivity index (χ3v) is 2.93. The molecule has 0 saturated carbocycles. The van der Waals surface area contributed by atoms with E-state index in [4.69, 9.17) is 10.3 Å². The third-order valence-electron chi connectivity index (χ3n) is 2.93. The van der Waals surface area contributed by atoms with Gasteiger partial charge in [-0.05, 0) is 12.1 Å². The van der Waals surface area contributed by atoms with E-state index in [0.717, 1.165) is 0 Å². The Hall–Kier alpha value is -3.23. The Bertz CT molecular complexity index is 713. The Morgan fingerprint density at radius 1 is 1.30 bits per heavy atom. The van der Waals surface area contributed by atoms with Crippen molar-refractivity contribution in [2.24, 2.45) is 5.73 Å². The molecule has 0 aliphatic heterocycles. The van der Waals surface area contributed by atoms with E-state index in [-0.39, 0.29) is 12.2 Å². The molecular weight excluding hydrogens is 302 g/mol. The number of carbonyl (C=O) groups is 3. The number of aromatic nitrogens is 2. The number of primary amides is 1. The van der Waals surface area contributed by atoms with Crippen LogP contribution in [-0.2, 0) is 9.59 Å². The van der Waals surface area contributed by atoms with E-state index in [0.29, 0.717) is 11.4 Å². The molecule has 0 spiro atoms. The van der Waals surface area contributed by atoms with Crippen LogP contribution in [0.1, 0.15) is 17.0 Å². The van der Waals surface area contributed by atoms with Gasteiger partial charge < -0.3 is 20.9 Å². The molecule has 0 aliphatic rings. The monoisotopic (exact) mass is 317 g/mol. The summed E-state index contributed by atoms with van der Waals surface area (Å²) in [6.07, 6.45) is 1.25. The third kappa shape index (κ3) is 4.13. The fraction of sp³-hybridized carbons (Fsp3) is 0.214. The number of pyridine rings is 1. The summed E-state index contributed by atoms with van der Waals surface area (Å²) in [5.41, 5.74) is 5.98. The summed E-state index contributed by atoms with van der Waals surface area (Å²) in [4.78, 5) is 38.8. The molecule has 3 amide bonds. The van der Waals surface area contributed by atoms with Crippen molar-refractivity contribution in [1.29, 1.82) is 0 Å². The minimum Gasteiger partial charge on any atom is -0.370 e. The molecule has 9 heteroatoms. The number of nitrogens with one attached hydrogen (secondary N) is 2. The average Bonchev–Trinajstić information content (AvgIpc) is 3.04. The van der Waals surface area contributed by atoms with Gasteiger partial charge in [0.15, 0.2) is 0 Å². The lowest BCUT2D eigenvalue weighted by molar-refractivity contribution is -0.126. The van der Waals surface area contributed by atoms with Crippen molar-refractivity contribution in [2.45, 2.75) is 12.5 Å². The van der Waals surface area contributed by atoms with Gasteiger partial charge >= 0.3 is 0 Å². The number of hydrogen-bond donors (Lipinski definition) is 3. The van der Waals surface area contributed by atoms with Crippen LogP contribution in [0, 0.1) is 0 Å². The van der Waals surface area contributed by atoms with Gasteiger partial charge in [0, 0.05) is 19.3 Å². The first kappa shape index (κ1) is 16.1. The van der Waals surface area contributed by atoms with Gasteiger partial charge in [-0.25, -0.2) is 0 Å². The van der Waals surface area contributed by atoms with E-state index in [1.807, 2.05) is 0 Å². The van der Waals surface area contributed by atoms with Crippen LogP contribution in [0.2, 0.25) is 0 Å². The van der Waals surface area contributed by atoms with Gasteiger partial charge in [0.25, 0.3) is 5.91 Å². The molecule has 9 nitrogen and oxygen atoms in total. The van der Waals surface area contributed by atoms with Gasteiger partial charge in [0.05, 0.1) is 12.1 Å². The standard InChI is InChI=1S/C14H15N5O4/c1-16-13(21)10(7-12(15)20)18-14(22)11-6-9(19-23-11)8-4-2-3-5-17-8/h2-6,10H,7H2,1H3,(H2,15,20)(H,16,21)(H,18,22)/t10-/m0/s1. The van der Waals surface area contributed by atoms with Crippen molar-refractivity contribution in [3.63, 3.8) is 0 Å². The molecule has 2 aromatic rings. The molecule has 4 N–H and O–H groups in total. The fourth-order valence-corrected chi connectivity index (χ4v) is 1.83. The molecular formula is C14H15N5O4. The topological polar surface area (TPSA) is 140 Å². The summed E-state index contributed by atoms with van der Waals surface area (Å²) in [5, 5.41) is 8.47. The second-order valence-electron chi connectivity index (χ2n) is 4.60. The van der Waals surface area contributed by atoms with Crippen LogP contribution in [0.4, 0.5) is 0 Å². The second-order valence-corrected chi connectivity index (χ2v) is 4.60. The Balaban J connectivity index is 2.12. The summed E-state index contributed by atoms with van der Waals surface area (Å²) in [7, 11) is 1.39. The molecule has 0 aromatic carbocycles. The molecule has 0 aliphatic carbocycles. The summed E-state index contributed by atoms with van der Waals surface area (Å²) < 4.78 is 4.95. The summed E-state index contributed by atoms with van der Waals surface area (Å²) >= 11 is 0. The molecule has 0 bridgehead atoms. The zero-order chi connectivity index (χ0) is 16.8. The number of nitrogens with two attached hydrogens (primary N) is 1. The number of carbonyl (C=O) groups excluding carboxylic acids is 3. The van der Waals surface area contributed by atoms with Crippen LogP contribution in [0.5, 0.6) is 0 Å². The smallest absolute Gasteiger partial charge is 0.290 e. The van der Waals surface area contributed by atoms with Crippen LogP contribution in [-0.4, -0.2) is 41.0 Å². The zero-order valence-electron chi connectivity index (χ0n) is 12.3. The van der Waals surface area contributed by atoms with Crippen molar-refractivity contribution in [3.05, 3.63) is 36.2 Å². The van der Waals surface area contributed by atoms with Gasteiger partial charge in [-0.3, -0.25) is 19.4 Å². The molecule has 0 fully saturated rings. The van der Waals surface area contributed by atoms with Crippen LogP contribution in [0.3, 0.4) is 0 Å². The predicted molar refractivity (Wildman–Crippen MR) is 78.9 cm³/mol. The Labute approximate surface area is 131 Å². The molecule has 1 atom stereocenters. The molecule has 120 valence electrons. The average molecular weight is 317 g/mol. The van der Waals surface area contributed by atoms with Crippen LogP contribution in [0.25, 0.3) is 11.4 Å². The van der Waals surface area contributed by atoms with E-state index in [1.165, 1.54) is 13.1 Å². The maximum atomic E-state index is 12.1. The molecule has 0 saturated heterocycles. The minimum atomic E-state index is -1.09. The van der Waals surface area contributed by atoms with E-state index in [1.54, 1.807) is 24.4 Å². The Morgan fingerprint density at radius 3 is 2.70 bits per heavy atom. The van der Waals surface area contributed by atoms with Gasteiger partial charge in [-0.1, -0.05) is 11.2 Å². The lowest BCUT2D eigenvalue weighted by Crippen LogP contribution is -2.47. The quantitative estimate of drug-likeness (QED) is 0.653. The SMILES string of the molecule is CNC(=O)[C@H](CC(N)=O)NC(=O)c1cc(-c2ccccn2)no1. The predicted octanol–water partition coefficient (Wildman–Crippen LogP) is -0.544. The molecule has 2 aromatic heterocycles. The molecule has 0 unspecified atom stereocenters. The van der Waals surface area contributed by atoms with Gasteiger partial charge in [0.2, 0.25) is 17.6 Å². The number of amides is 3. The fourth-order valence-electron chi connectivity index (χ4n) is 1.83. The highest BCUT2D eigenvalue weighted by Gasteiger charge is 2.24. The molecule has 2 rings (SSSR count). The summed E-state index contributed by atoms with van der Waals surface area (Å²) in [5.74, 6) is -2.05. The maximum Gasteiger partial charge on any atom is 0.290 e. The molecule has 23 heavy (non-hydrogen) atoms. The summed E-state index contributed by atoms with van der Waals surface area (Å²) in [6, 6.07) is 5.52. The van der Waals surface area contributed by atoms with E-state index in [9.17, 15) is 14.4 Å². The van der Waals surface area contributed by atoms with Gasteiger partial charge in [-0.15, -0.1) is 0 Å². The zero-order valence-corrected chi connectivity index (χ0v) is 12.3. The van der Waals surface area contributed by atoms with Crippen LogP contribution in [0.15, 0.2) is 35.0 Å². The minimum absolute atomic E-state index is 0.107. The first-order valence-electron chi connectivity index (χ1n) is 6.70. The van der Waals surface area contributed by atoms with Gasteiger partial charge in [-0.2, -0.15) is 0 Å². The van der Waals surface area contributed by atoms with Crippen LogP contribution >= 0.6 is 0 Å². The van der Waals surface area contributed by atoms with Crippen molar-refractivity contribution in [2.75, 3.05) is 7.05 Å². The largest absolute Gasteiger partial charge is 0.370 e. The highest BCUT2D eigenvalue weighted by molar-refractivity contribution is 5.97. The normalized spacial score (nSPS) is 11.5. The highest BCUT2D eigenvalue weighted by atomic mass is 16.5. The Kier molecular flexibility index (Phi) is 5.03. The first-order valence-corrected chi connectivity index (χ1v) is 6.70. The summed E-state index contributed by atoms with van der Waals surface area (Å²) in [6.45, 7) is 0. The number of rotatable bonds is 6. The lowest BCUT2D eigenvalue weighted by Gasteiger charge is -2.14. The lowest BCUT2D eigenvalue weighted by atomic mass is 10.1. The van der Waals surface area contributed by atoms with Crippen molar-refractivity contribution in [1.82, 2.24) is 20.8 Å². The van der Waals surface area contributed by atoms with Crippen LogP contribution < -0.4 is 16.4 Å². The number of likely N-dealkylation sites (N-methyl/N-ethyl adjacent to an activating group) is 1. The molecule has 0 radical (unpaired) electrons. The second kappa shape index (κ2) is 7.16. The van der Waals surface area contributed by atoms with Crippen molar-refractivity contribution >= 4 is 17.7 Å². The van der Waals surface area contributed by atoms with Crippen molar-refractivity contribution < 1.29 is 18.9 Å². The Morgan fingerprint density at radius 2 is 2.09 bits per heavy atom.